The third-order valence-electron chi connectivity index (χ3n) is 4.09. The summed E-state index contributed by atoms with van der Waals surface area (Å²) >= 11 is 0. The zero-order valence-corrected chi connectivity index (χ0v) is 13.7. The topological polar surface area (TPSA) is 42.9 Å². The van der Waals surface area contributed by atoms with Gasteiger partial charge < -0.3 is 13.9 Å². The molecular weight excluding hydrogens is 286 g/mol. The maximum atomic E-state index is 8.47. The molecule has 0 saturated heterocycles. The third-order valence-corrected chi connectivity index (χ3v) is 4.09. The molecule has 1 aromatic heterocycles. The van der Waals surface area contributed by atoms with E-state index in [-0.39, 0.29) is 0 Å². The second kappa shape index (κ2) is 6.73. The fourth-order valence-corrected chi connectivity index (χ4v) is 2.94. The fourth-order valence-electron chi connectivity index (χ4n) is 2.94. The van der Waals surface area contributed by atoms with E-state index in [1.165, 1.54) is 0 Å². The van der Waals surface area contributed by atoms with Crippen LogP contribution in [0.2, 0.25) is 0 Å². The van der Waals surface area contributed by atoms with Crippen molar-refractivity contribution in [3.63, 3.8) is 0 Å². The molecule has 0 unspecified atom stereocenters. The van der Waals surface area contributed by atoms with E-state index in [1.54, 1.807) is 0 Å². The Morgan fingerprint density at radius 1 is 0.913 bits per heavy atom. The van der Waals surface area contributed by atoms with Gasteiger partial charge in [-0.25, -0.2) is 0 Å². The molecule has 1 N–H and O–H groups in total. The highest BCUT2D eigenvalue weighted by Crippen LogP contribution is 2.17. The van der Waals surface area contributed by atoms with E-state index in [1.807, 2.05) is 47.9 Å². The van der Waals surface area contributed by atoms with Crippen molar-refractivity contribution in [2.75, 3.05) is 6.61 Å². The lowest BCUT2D eigenvalue weighted by atomic mass is 10.2. The van der Waals surface area contributed by atoms with Crippen LogP contribution in [-0.4, -0.2) is 15.7 Å². The molecule has 120 valence electrons. The highest BCUT2D eigenvalue weighted by atomic mass is 16.5. The number of hydrogen-bond acceptors (Lipinski definition) is 2. The zero-order chi connectivity index (χ0) is 16.2. The number of ether oxygens (including phenoxy) is 1. The number of aryl methyl sites for hydroxylation is 2. The van der Waals surface area contributed by atoms with Gasteiger partial charge in [-0.15, -0.1) is 0 Å². The lowest BCUT2D eigenvalue weighted by molar-refractivity contribution is 0.294. The number of benzene rings is 2. The molecule has 0 atom stereocenters. The van der Waals surface area contributed by atoms with Gasteiger partial charge in [0, 0.05) is 6.54 Å². The average Bonchev–Trinajstić information content (AvgIpc) is 2.83. The molecule has 0 aliphatic heterocycles. The summed E-state index contributed by atoms with van der Waals surface area (Å²) in [6.07, 6.45) is 1.02. The van der Waals surface area contributed by atoms with Crippen molar-refractivity contribution in [3.8, 4) is 5.75 Å². The van der Waals surface area contributed by atoms with E-state index < -0.39 is 0 Å². The minimum absolute atomic E-state index is 0.543. The van der Waals surface area contributed by atoms with Crippen LogP contribution in [-0.2, 0) is 13.1 Å². The average molecular weight is 309 g/mol. The van der Waals surface area contributed by atoms with Crippen molar-refractivity contribution in [3.05, 3.63) is 59.7 Å². The summed E-state index contributed by atoms with van der Waals surface area (Å²) < 4.78 is 10.0. The summed E-state index contributed by atoms with van der Waals surface area (Å²) in [5, 5.41) is 8.47. The Balaban J connectivity index is 1.84. The Morgan fingerprint density at radius 3 is 2.17 bits per heavy atom. The first kappa shape index (κ1) is 15.4. The number of aromatic nitrogens is 2. The minimum Gasteiger partial charge on any atom is -0.491 e. The van der Waals surface area contributed by atoms with Crippen LogP contribution < -0.4 is 10.4 Å². The standard InChI is InChI=1S/C19H23N3O/c1-3-12-21-16-9-5-6-10-17(16)22(19(21)20)13-14-23-18-11-7-4-8-15(18)2/h4-11,20H,3,12-14H2,1-2H3. The van der Waals surface area contributed by atoms with Crippen LogP contribution in [0.15, 0.2) is 48.5 Å². The van der Waals surface area contributed by atoms with Gasteiger partial charge >= 0.3 is 0 Å². The largest absolute Gasteiger partial charge is 0.491 e. The van der Waals surface area contributed by atoms with Crippen LogP contribution in [0.1, 0.15) is 18.9 Å². The molecule has 0 bridgehead atoms. The van der Waals surface area contributed by atoms with Crippen LogP contribution in [0.4, 0.5) is 0 Å². The van der Waals surface area contributed by atoms with E-state index in [2.05, 4.69) is 23.6 Å². The molecule has 0 saturated carbocycles. The van der Waals surface area contributed by atoms with Crippen LogP contribution in [0, 0.1) is 12.3 Å². The molecule has 1 heterocycles. The molecule has 0 spiro atoms. The maximum Gasteiger partial charge on any atom is 0.203 e. The van der Waals surface area contributed by atoms with Crippen molar-refractivity contribution in [1.29, 1.82) is 5.41 Å². The number of rotatable bonds is 6. The van der Waals surface area contributed by atoms with Crippen molar-refractivity contribution in [2.45, 2.75) is 33.4 Å². The summed E-state index contributed by atoms with van der Waals surface area (Å²) in [6.45, 7) is 6.28. The first-order valence-electron chi connectivity index (χ1n) is 8.13. The van der Waals surface area contributed by atoms with Gasteiger partial charge in [0.2, 0.25) is 5.62 Å². The second-order valence-electron chi connectivity index (χ2n) is 5.73. The third kappa shape index (κ3) is 3.02. The van der Waals surface area contributed by atoms with E-state index in [0.29, 0.717) is 18.8 Å². The molecule has 3 rings (SSSR count). The lowest BCUT2D eigenvalue weighted by Crippen LogP contribution is -2.26. The maximum absolute atomic E-state index is 8.47. The quantitative estimate of drug-likeness (QED) is 0.741. The van der Waals surface area contributed by atoms with Gasteiger partial charge in [0.05, 0.1) is 17.6 Å². The van der Waals surface area contributed by atoms with E-state index in [9.17, 15) is 0 Å². The Hall–Kier alpha value is -2.49. The van der Waals surface area contributed by atoms with Gasteiger partial charge in [-0.2, -0.15) is 0 Å². The number of nitrogens with one attached hydrogen (secondary N) is 1. The van der Waals surface area contributed by atoms with Gasteiger partial charge in [0.1, 0.15) is 12.4 Å². The molecule has 0 aliphatic carbocycles. The van der Waals surface area contributed by atoms with Gasteiger partial charge in [-0.05, 0) is 37.1 Å². The highest BCUT2D eigenvalue weighted by Gasteiger charge is 2.09. The van der Waals surface area contributed by atoms with E-state index in [4.69, 9.17) is 10.1 Å². The molecule has 3 aromatic rings. The molecule has 2 aromatic carbocycles. The highest BCUT2D eigenvalue weighted by molar-refractivity contribution is 5.75. The number of imidazole rings is 1. The van der Waals surface area contributed by atoms with Crippen molar-refractivity contribution >= 4 is 11.0 Å². The molecule has 4 nitrogen and oxygen atoms in total. The van der Waals surface area contributed by atoms with Crippen LogP contribution >= 0.6 is 0 Å². The summed E-state index contributed by atoms with van der Waals surface area (Å²) in [6, 6.07) is 16.2. The molecule has 0 aliphatic rings. The summed E-state index contributed by atoms with van der Waals surface area (Å²) in [5.74, 6) is 0.914. The minimum atomic E-state index is 0.543. The van der Waals surface area contributed by atoms with Crippen LogP contribution in [0.25, 0.3) is 11.0 Å². The van der Waals surface area contributed by atoms with E-state index in [0.717, 1.165) is 35.3 Å². The van der Waals surface area contributed by atoms with Gasteiger partial charge in [-0.1, -0.05) is 37.3 Å². The van der Waals surface area contributed by atoms with Gasteiger partial charge in [0.25, 0.3) is 0 Å². The van der Waals surface area contributed by atoms with Crippen molar-refractivity contribution in [2.24, 2.45) is 0 Å². The summed E-state index contributed by atoms with van der Waals surface area (Å²) in [5.41, 5.74) is 3.90. The Morgan fingerprint density at radius 2 is 1.52 bits per heavy atom. The molecule has 0 fully saturated rings. The summed E-state index contributed by atoms with van der Waals surface area (Å²) in [7, 11) is 0. The van der Waals surface area contributed by atoms with E-state index >= 15 is 0 Å². The number of hydrogen-bond donors (Lipinski definition) is 1. The number of para-hydroxylation sites is 3. The Kier molecular flexibility index (Phi) is 4.51. The molecule has 23 heavy (non-hydrogen) atoms. The van der Waals surface area contributed by atoms with Crippen LogP contribution in [0.3, 0.4) is 0 Å². The zero-order valence-electron chi connectivity index (χ0n) is 13.7. The molecule has 0 amide bonds. The predicted molar refractivity (Wildman–Crippen MR) is 92.7 cm³/mol. The smallest absolute Gasteiger partial charge is 0.203 e. The Labute approximate surface area is 136 Å². The molecular formula is C19H23N3O. The number of fused-ring (bicyclic) bond motifs is 1. The first-order valence-corrected chi connectivity index (χ1v) is 8.13. The predicted octanol–water partition coefficient (Wildman–Crippen LogP) is 3.72. The normalized spacial score (nSPS) is 11.0. The van der Waals surface area contributed by atoms with Crippen LogP contribution in [0.5, 0.6) is 5.75 Å². The van der Waals surface area contributed by atoms with Gasteiger partial charge in [-0.3, -0.25) is 5.41 Å². The summed E-state index contributed by atoms with van der Waals surface area (Å²) in [4.78, 5) is 0. The lowest BCUT2D eigenvalue weighted by Gasteiger charge is -2.10. The Bertz CT molecular complexity index is 860. The fraction of sp³-hybridized carbons (Fsp3) is 0.316. The van der Waals surface area contributed by atoms with Gasteiger partial charge in [0.15, 0.2) is 0 Å². The first-order chi connectivity index (χ1) is 11.2. The monoisotopic (exact) mass is 309 g/mol. The SMILES string of the molecule is CCCn1c(=N)n(CCOc2ccccc2C)c2ccccc21. The molecule has 0 radical (unpaired) electrons. The van der Waals surface area contributed by atoms with Crippen molar-refractivity contribution < 1.29 is 4.74 Å². The second-order valence-corrected chi connectivity index (χ2v) is 5.73. The molecule has 4 heteroatoms. The number of nitrogens with zero attached hydrogens (tertiary/aromatic N) is 2. The van der Waals surface area contributed by atoms with Crippen molar-refractivity contribution in [1.82, 2.24) is 9.13 Å².